The molecule has 0 unspecified atom stereocenters. The van der Waals surface area contributed by atoms with E-state index in [1.54, 1.807) is 29.7 Å². The van der Waals surface area contributed by atoms with Gasteiger partial charge in [-0.15, -0.1) is 11.3 Å². The van der Waals surface area contributed by atoms with Gasteiger partial charge in [0.25, 0.3) is 0 Å². The van der Waals surface area contributed by atoms with Crippen LogP contribution in [-0.4, -0.2) is 21.3 Å². The minimum absolute atomic E-state index is 0.0944. The van der Waals surface area contributed by atoms with Gasteiger partial charge in [-0.2, -0.15) is 0 Å². The number of nitrogens with two attached hydrogens (primary N) is 1. The van der Waals surface area contributed by atoms with Gasteiger partial charge in [-0.1, -0.05) is 29.8 Å². The second kappa shape index (κ2) is 8.34. The zero-order chi connectivity index (χ0) is 20.2. The van der Waals surface area contributed by atoms with E-state index in [1.807, 2.05) is 60.1 Å². The average molecular weight is 421 g/mol. The quantitative estimate of drug-likeness (QED) is 0.236. The summed E-state index contributed by atoms with van der Waals surface area (Å²) in [6.45, 7) is 0. The largest absolute Gasteiger partial charge is 0.494 e. The molecule has 0 atom stereocenters. The molecule has 0 bridgehead atoms. The fourth-order valence-electron chi connectivity index (χ4n) is 2.83. The Labute approximate surface area is 176 Å². The van der Waals surface area contributed by atoms with E-state index >= 15 is 0 Å². The number of fused-ring (bicyclic) bond motifs is 2. The first-order chi connectivity index (χ1) is 14.1. The third kappa shape index (κ3) is 4.39. The highest BCUT2D eigenvalue weighted by Gasteiger charge is 2.09. The van der Waals surface area contributed by atoms with Crippen LogP contribution in [0, 0.1) is 0 Å². The van der Waals surface area contributed by atoms with Gasteiger partial charge < -0.3 is 15.8 Å². The Balaban J connectivity index is 0.000000171. The monoisotopic (exact) mass is 420 g/mol. The van der Waals surface area contributed by atoms with Crippen LogP contribution in [0.1, 0.15) is 5.56 Å². The number of nitrogens with zero attached hydrogens (tertiary/aromatic N) is 2. The molecule has 5 rings (SSSR count). The third-order valence-electron chi connectivity index (χ3n) is 4.23. The standard InChI is InChI=1S/C15H11ClN2O.C7H6N2S/c16-10-6-7-14-12(8-10)13(15(19)18-14)9-17-11-4-2-1-3-5-11;8-5-1-2-6-7(3-5)10-4-9-6/h1-9,18-19H;1-4H,8H2. The van der Waals surface area contributed by atoms with Crippen molar-refractivity contribution in [1.29, 1.82) is 0 Å². The fraction of sp³-hybridized carbons (Fsp3) is 0. The SMILES string of the molecule is Nc1ccc2ncsc2c1.Oc1[nH]c2ccc(Cl)cc2c1C=Nc1ccccc1. The molecule has 5 aromatic rings. The summed E-state index contributed by atoms with van der Waals surface area (Å²) in [6.07, 6.45) is 1.64. The number of halogens is 1. The van der Waals surface area contributed by atoms with E-state index < -0.39 is 0 Å². The molecule has 5 nitrogen and oxygen atoms in total. The molecule has 0 radical (unpaired) electrons. The van der Waals surface area contributed by atoms with Crippen LogP contribution in [0.5, 0.6) is 5.88 Å². The summed E-state index contributed by atoms with van der Waals surface area (Å²) in [5, 5.41) is 11.4. The molecule has 0 saturated carbocycles. The van der Waals surface area contributed by atoms with E-state index in [4.69, 9.17) is 17.3 Å². The molecule has 0 spiro atoms. The van der Waals surface area contributed by atoms with E-state index in [0.717, 1.165) is 32.5 Å². The van der Waals surface area contributed by atoms with Crippen molar-refractivity contribution in [3.8, 4) is 5.88 Å². The molecule has 4 N–H and O–H groups in total. The number of hydrogen-bond acceptors (Lipinski definition) is 5. The minimum atomic E-state index is 0.0944. The molecule has 2 heterocycles. The van der Waals surface area contributed by atoms with Gasteiger partial charge in [-0.3, -0.25) is 4.99 Å². The number of hydrogen-bond donors (Lipinski definition) is 3. The van der Waals surface area contributed by atoms with Crippen molar-refractivity contribution >= 4 is 61.6 Å². The molecule has 0 aliphatic rings. The van der Waals surface area contributed by atoms with Crippen LogP contribution < -0.4 is 5.73 Å². The van der Waals surface area contributed by atoms with Crippen molar-refractivity contribution < 1.29 is 5.11 Å². The van der Waals surface area contributed by atoms with E-state index in [-0.39, 0.29) is 5.88 Å². The van der Waals surface area contributed by atoms with Gasteiger partial charge in [0, 0.05) is 27.8 Å². The number of aromatic amines is 1. The average Bonchev–Trinajstić information content (AvgIpc) is 3.30. The number of nitrogen functional groups attached to an aromatic ring is 1. The number of benzene rings is 3. The predicted molar refractivity (Wildman–Crippen MR) is 123 cm³/mol. The Bertz CT molecular complexity index is 1290. The summed E-state index contributed by atoms with van der Waals surface area (Å²) in [4.78, 5) is 11.4. The maximum absolute atomic E-state index is 9.91. The van der Waals surface area contributed by atoms with Crippen LogP contribution in [0.3, 0.4) is 0 Å². The molecular formula is C22H17ClN4OS. The Morgan fingerprint density at radius 3 is 2.72 bits per heavy atom. The molecule has 2 aromatic heterocycles. The number of aromatic hydroxyl groups is 1. The lowest BCUT2D eigenvalue weighted by Crippen LogP contribution is -1.81. The zero-order valence-electron chi connectivity index (χ0n) is 15.2. The van der Waals surface area contributed by atoms with E-state index in [1.165, 1.54) is 0 Å². The molecule has 0 aliphatic carbocycles. The van der Waals surface area contributed by atoms with Crippen LogP contribution in [-0.2, 0) is 0 Å². The second-order valence-corrected chi connectivity index (χ2v) is 7.57. The Morgan fingerprint density at radius 1 is 1.07 bits per heavy atom. The molecular weight excluding hydrogens is 404 g/mol. The number of anilines is 1. The summed E-state index contributed by atoms with van der Waals surface area (Å²) in [5.41, 5.74) is 11.5. The Hall–Kier alpha value is -3.35. The van der Waals surface area contributed by atoms with E-state index in [0.29, 0.717) is 10.6 Å². The van der Waals surface area contributed by atoms with Gasteiger partial charge in [-0.25, -0.2) is 4.98 Å². The molecule has 7 heteroatoms. The van der Waals surface area contributed by atoms with Crippen LogP contribution in [0.25, 0.3) is 21.1 Å². The highest BCUT2D eigenvalue weighted by Crippen LogP contribution is 2.28. The number of aromatic nitrogens is 2. The summed E-state index contributed by atoms with van der Waals surface area (Å²) in [6, 6.07) is 20.7. The highest BCUT2D eigenvalue weighted by molar-refractivity contribution is 7.16. The fourth-order valence-corrected chi connectivity index (χ4v) is 3.72. The molecule has 0 amide bonds. The Morgan fingerprint density at radius 2 is 1.90 bits per heavy atom. The molecule has 0 saturated heterocycles. The van der Waals surface area contributed by atoms with Crippen LogP contribution in [0.15, 0.2) is 77.2 Å². The lowest BCUT2D eigenvalue weighted by Gasteiger charge is -1.94. The predicted octanol–water partition coefficient (Wildman–Crippen LogP) is 6.16. The van der Waals surface area contributed by atoms with Crippen LogP contribution in [0.2, 0.25) is 5.02 Å². The first-order valence-corrected chi connectivity index (χ1v) is 10.0. The lowest BCUT2D eigenvalue weighted by molar-refractivity contribution is 0.457. The summed E-state index contributed by atoms with van der Waals surface area (Å²) >= 11 is 7.59. The first kappa shape index (κ1) is 19.0. The van der Waals surface area contributed by atoms with Gasteiger partial charge in [0.15, 0.2) is 5.88 Å². The highest BCUT2D eigenvalue weighted by atomic mass is 35.5. The molecule has 3 aromatic carbocycles. The maximum atomic E-state index is 9.91. The number of rotatable bonds is 2. The summed E-state index contributed by atoms with van der Waals surface area (Å²) < 4.78 is 1.15. The van der Waals surface area contributed by atoms with E-state index in [9.17, 15) is 5.11 Å². The van der Waals surface area contributed by atoms with Gasteiger partial charge in [0.1, 0.15) is 0 Å². The maximum Gasteiger partial charge on any atom is 0.198 e. The smallest absolute Gasteiger partial charge is 0.198 e. The molecule has 0 aliphatic heterocycles. The zero-order valence-corrected chi connectivity index (χ0v) is 16.8. The number of para-hydroxylation sites is 1. The number of H-pyrrole nitrogens is 1. The van der Waals surface area contributed by atoms with E-state index in [2.05, 4.69) is 15.0 Å². The van der Waals surface area contributed by atoms with Gasteiger partial charge in [0.2, 0.25) is 0 Å². The van der Waals surface area contributed by atoms with Gasteiger partial charge >= 0.3 is 0 Å². The van der Waals surface area contributed by atoms with Crippen molar-refractivity contribution in [2.45, 2.75) is 0 Å². The van der Waals surface area contributed by atoms with Gasteiger partial charge in [0.05, 0.1) is 27.0 Å². The summed E-state index contributed by atoms with van der Waals surface area (Å²) in [7, 11) is 0. The van der Waals surface area contributed by atoms with Gasteiger partial charge in [-0.05, 0) is 48.5 Å². The van der Waals surface area contributed by atoms with Crippen molar-refractivity contribution in [3.63, 3.8) is 0 Å². The van der Waals surface area contributed by atoms with Crippen LogP contribution in [0.4, 0.5) is 11.4 Å². The number of nitrogens with one attached hydrogen (secondary N) is 1. The molecule has 0 fully saturated rings. The van der Waals surface area contributed by atoms with Crippen molar-refractivity contribution in [1.82, 2.24) is 9.97 Å². The van der Waals surface area contributed by atoms with Crippen molar-refractivity contribution in [3.05, 3.63) is 82.8 Å². The summed E-state index contributed by atoms with van der Waals surface area (Å²) in [5.74, 6) is 0.0944. The topological polar surface area (TPSA) is 87.3 Å². The van der Waals surface area contributed by atoms with Crippen molar-refractivity contribution in [2.75, 3.05) is 5.73 Å². The van der Waals surface area contributed by atoms with Crippen LogP contribution >= 0.6 is 22.9 Å². The minimum Gasteiger partial charge on any atom is -0.494 e. The lowest BCUT2D eigenvalue weighted by atomic mass is 10.2. The number of aliphatic imine (C=N–C) groups is 1. The molecule has 29 heavy (non-hydrogen) atoms. The Kier molecular flexibility index (Phi) is 5.46. The molecule has 144 valence electrons. The van der Waals surface area contributed by atoms with Crippen molar-refractivity contribution in [2.24, 2.45) is 4.99 Å². The first-order valence-electron chi connectivity index (χ1n) is 8.78. The number of thiazole rings is 1. The third-order valence-corrected chi connectivity index (χ3v) is 5.26. The second-order valence-electron chi connectivity index (χ2n) is 6.25. The normalized spacial score (nSPS) is 11.1.